The summed E-state index contributed by atoms with van der Waals surface area (Å²) in [6, 6.07) is -1.52. The number of unbranched alkanes of at least 4 members (excludes halogenated alkanes) is 20. The molecule has 11 nitrogen and oxygen atoms in total. The van der Waals surface area contributed by atoms with Gasteiger partial charge < -0.3 is 25.2 Å². The van der Waals surface area contributed by atoms with E-state index < -0.39 is 51.1 Å². The van der Waals surface area contributed by atoms with Crippen LogP contribution in [0, 0.1) is 0 Å². The van der Waals surface area contributed by atoms with Gasteiger partial charge in [0.15, 0.2) is 6.10 Å². The summed E-state index contributed by atoms with van der Waals surface area (Å²) in [7, 11) is -4.71. The summed E-state index contributed by atoms with van der Waals surface area (Å²) in [4.78, 5) is 45.8. The van der Waals surface area contributed by atoms with Crippen LogP contribution in [-0.4, -0.2) is 59.9 Å². The Morgan fingerprint density at radius 3 is 1.44 bits per heavy atom. The van der Waals surface area contributed by atoms with Crippen LogP contribution in [0.2, 0.25) is 0 Å². The number of carbonyl (C=O) groups excluding carboxylic acids is 2. The fraction of sp³-hybridized carbons (Fsp3) is 0.825. The van der Waals surface area contributed by atoms with Gasteiger partial charge in [-0.1, -0.05) is 128 Å². The Kier molecular flexibility index (Phi) is 34.6. The molecule has 0 aliphatic heterocycles. The molecular formula is C40H74NO10P. The highest BCUT2D eigenvalue weighted by Gasteiger charge is 2.28. The molecule has 0 saturated heterocycles. The average Bonchev–Trinajstić information content (AvgIpc) is 3.12. The van der Waals surface area contributed by atoms with Gasteiger partial charge >= 0.3 is 25.7 Å². The Bertz CT molecular complexity index is 989. The van der Waals surface area contributed by atoms with E-state index in [2.05, 4.69) is 42.7 Å². The Morgan fingerprint density at radius 2 is 0.962 bits per heavy atom. The zero-order valence-corrected chi connectivity index (χ0v) is 33.5. The van der Waals surface area contributed by atoms with E-state index in [0.717, 1.165) is 64.2 Å². The van der Waals surface area contributed by atoms with E-state index in [0.29, 0.717) is 12.8 Å². The summed E-state index contributed by atoms with van der Waals surface area (Å²) in [6.07, 6.45) is 35.3. The molecule has 0 aromatic rings. The number of ether oxygens (including phenoxy) is 2. The van der Waals surface area contributed by atoms with Gasteiger partial charge in [0.1, 0.15) is 12.6 Å². The molecule has 304 valence electrons. The second kappa shape index (κ2) is 36.0. The molecule has 0 aliphatic carbocycles. The highest BCUT2D eigenvalue weighted by molar-refractivity contribution is 7.47. The highest BCUT2D eigenvalue weighted by atomic mass is 31.2. The van der Waals surface area contributed by atoms with Crippen LogP contribution < -0.4 is 5.73 Å². The van der Waals surface area contributed by atoms with Gasteiger partial charge in [-0.15, -0.1) is 0 Å². The van der Waals surface area contributed by atoms with Crippen LogP contribution in [0.5, 0.6) is 0 Å². The molecule has 0 saturated carbocycles. The number of rotatable bonds is 38. The Balaban J connectivity index is 4.44. The van der Waals surface area contributed by atoms with Gasteiger partial charge in [0.05, 0.1) is 13.2 Å². The predicted molar refractivity (Wildman–Crippen MR) is 208 cm³/mol. The minimum Gasteiger partial charge on any atom is -0.480 e. The minimum atomic E-state index is -4.71. The van der Waals surface area contributed by atoms with Crippen LogP contribution in [-0.2, 0) is 37.5 Å². The van der Waals surface area contributed by atoms with E-state index in [1.54, 1.807) is 0 Å². The Labute approximate surface area is 315 Å². The normalized spacial score (nSPS) is 14.1. The fourth-order valence-electron chi connectivity index (χ4n) is 5.41. The van der Waals surface area contributed by atoms with Crippen molar-refractivity contribution in [3.05, 3.63) is 24.3 Å². The molecule has 12 heteroatoms. The molecular weight excluding hydrogens is 685 g/mol. The second-order valence-corrected chi connectivity index (χ2v) is 15.2. The average molecular weight is 760 g/mol. The number of carbonyl (C=O) groups is 3. The summed E-state index contributed by atoms with van der Waals surface area (Å²) >= 11 is 0. The van der Waals surface area contributed by atoms with Crippen LogP contribution in [0.3, 0.4) is 0 Å². The van der Waals surface area contributed by atoms with Crippen molar-refractivity contribution in [1.82, 2.24) is 0 Å². The lowest BCUT2D eigenvalue weighted by atomic mass is 10.1. The largest absolute Gasteiger partial charge is 0.480 e. The number of phosphoric ester groups is 1. The molecule has 0 aromatic heterocycles. The molecule has 0 aliphatic rings. The van der Waals surface area contributed by atoms with Crippen molar-refractivity contribution in [2.45, 2.75) is 193 Å². The van der Waals surface area contributed by atoms with Gasteiger partial charge in [-0.2, -0.15) is 0 Å². The molecule has 3 atom stereocenters. The number of carboxylic acids is 1. The van der Waals surface area contributed by atoms with E-state index >= 15 is 0 Å². The van der Waals surface area contributed by atoms with Gasteiger partial charge in [-0.25, -0.2) is 4.57 Å². The monoisotopic (exact) mass is 760 g/mol. The van der Waals surface area contributed by atoms with Crippen LogP contribution in [0.25, 0.3) is 0 Å². The number of hydrogen-bond acceptors (Lipinski definition) is 9. The van der Waals surface area contributed by atoms with Gasteiger partial charge in [0, 0.05) is 12.8 Å². The summed E-state index contributed by atoms with van der Waals surface area (Å²) < 4.78 is 32.6. The van der Waals surface area contributed by atoms with Crippen LogP contribution in [0.15, 0.2) is 24.3 Å². The quantitative estimate of drug-likeness (QED) is 0.0237. The Morgan fingerprint density at radius 1 is 0.577 bits per heavy atom. The van der Waals surface area contributed by atoms with E-state index in [1.165, 1.54) is 77.0 Å². The van der Waals surface area contributed by atoms with Crippen molar-refractivity contribution in [2.75, 3.05) is 19.8 Å². The van der Waals surface area contributed by atoms with Crippen molar-refractivity contribution < 1.29 is 47.5 Å². The third kappa shape index (κ3) is 35.0. The standard InChI is InChI=1S/C40H74NO10P/c1-3-5-7-9-11-13-15-17-18-20-22-24-26-28-30-32-39(43)51-36(34-49-52(46,47)50-35-37(41)40(44)45)33-48-38(42)31-29-27-25-23-21-19-16-14-12-10-8-6-4-2/h14,16,20,22,36-37H,3-13,15,17-19,21,23-35,41H2,1-2H3,(H,44,45)(H,46,47)/b16-14+,22-20+/t36-,37+/m1/s1. The van der Waals surface area contributed by atoms with Crippen LogP contribution in [0.4, 0.5) is 0 Å². The van der Waals surface area contributed by atoms with Gasteiger partial charge in [0.25, 0.3) is 0 Å². The van der Waals surface area contributed by atoms with Crippen molar-refractivity contribution in [3.8, 4) is 0 Å². The predicted octanol–water partition coefficient (Wildman–Crippen LogP) is 10.3. The SMILES string of the molecule is CCCCCC/C=C/CCCCCCCC(=O)OC[C@H](COP(=O)(O)OC[C@H](N)C(=O)O)OC(=O)CCCCC/C=C/CCCCCCCCCC. The van der Waals surface area contributed by atoms with Crippen molar-refractivity contribution in [1.29, 1.82) is 0 Å². The lowest BCUT2D eigenvalue weighted by Crippen LogP contribution is -2.34. The van der Waals surface area contributed by atoms with E-state index in [4.69, 9.17) is 24.8 Å². The van der Waals surface area contributed by atoms with Crippen molar-refractivity contribution in [2.24, 2.45) is 5.73 Å². The fourth-order valence-corrected chi connectivity index (χ4v) is 6.18. The third-order valence-corrected chi connectivity index (χ3v) is 9.62. The number of hydrogen-bond donors (Lipinski definition) is 3. The summed E-state index contributed by atoms with van der Waals surface area (Å²) in [5.41, 5.74) is 5.32. The number of allylic oxidation sites excluding steroid dienone is 4. The first-order chi connectivity index (χ1) is 25.1. The molecule has 0 fully saturated rings. The molecule has 0 amide bonds. The maximum absolute atomic E-state index is 12.6. The first kappa shape index (κ1) is 50.0. The van der Waals surface area contributed by atoms with Crippen LogP contribution in [0.1, 0.15) is 181 Å². The summed E-state index contributed by atoms with van der Waals surface area (Å²) in [5.74, 6) is -2.41. The molecule has 0 bridgehead atoms. The smallest absolute Gasteiger partial charge is 0.472 e. The molecule has 0 aromatic carbocycles. The molecule has 0 rings (SSSR count). The maximum atomic E-state index is 12.6. The minimum absolute atomic E-state index is 0.141. The van der Waals surface area contributed by atoms with E-state index in [1.807, 2.05) is 0 Å². The number of carboxylic acid groups (broad SMARTS) is 1. The molecule has 52 heavy (non-hydrogen) atoms. The number of esters is 2. The first-order valence-corrected chi connectivity index (χ1v) is 21.9. The zero-order chi connectivity index (χ0) is 38.5. The second-order valence-electron chi connectivity index (χ2n) is 13.8. The van der Waals surface area contributed by atoms with E-state index in [-0.39, 0.29) is 19.4 Å². The number of aliphatic carboxylic acids is 1. The van der Waals surface area contributed by atoms with Gasteiger partial charge in [-0.05, 0) is 64.2 Å². The number of nitrogens with two attached hydrogens (primary N) is 1. The lowest BCUT2D eigenvalue weighted by Gasteiger charge is -2.20. The topological polar surface area (TPSA) is 172 Å². The van der Waals surface area contributed by atoms with Crippen molar-refractivity contribution in [3.63, 3.8) is 0 Å². The maximum Gasteiger partial charge on any atom is 0.472 e. The zero-order valence-electron chi connectivity index (χ0n) is 32.7. The van der Waals surface area contributed by atoms with Crippen LogP contribution >= 0.6 is 7.82 Å². The van der Waals surface area contributed by atoms with E-state index in [9.17, 15) is 23.8 Å². The first-order valence-electron chi connectivity index (χ1n) is 20.4. The lowest BCUT2D eigenvalue weighted by molar-refractivity contribution is -0.161. The van der Waals surface area contributed by atoms with Gasteiger partial charge in [0.2, 0.25) is 0 Å². The highest BCUT2D eigenvalue weighted by Crippen LogP contribution is 2.43. The third-order valence-electron chi connectivity index (χ3n) is 8.67. The summed E-state index contributed by atoms with van der Waals surface area (Å²) in [6.45, 7) is 2.75. The summed E-state index contributed by atoms with van der Waals surface area (Å²) in [5, 5.41) is 8.87. The van der Waals surface area contributed by atoms with Crippen molar-refractivity contribution >= 4 is 25.7 Å². The molecule has 0 spiro atoms. The molecule has 4 N–H and O–H groups in total. The Hall–Kier alpha value is -2.04. The van der Waals surface area contributed by atoms with Gasteiger partial charge in [-0.3, -0.25) is 23.4 Å². The molecule has 0 radical (unpaired) electrons. The number of phosphoric acid groups is 1. The molecule has 1 unspecified atom stereocenters. The molecule has 0 heterocycles.